The Morgan fingerprint density at radius 3 is 2.80 bits per heavy atom. The number of methoxy groups -OCH3 is 1. The molecule has 5 heteroatoms. The molecule has 0 atom stereocenters. The molecule has 0 saturated heterocycles. The van der Waals surface area contributed by atoms with Gasteiger partial charge in [0.15, 0.2) is 0 Å². The molecule has 0 amide bonds. The minimum Gasteiger partial charge on any atom is -0.497 e. The zero-order chi connectivity index (χ0) is 14.5. The van der Waals surface area contributed by atoms with Crippen LogP contribution in [0.25, 0.3) is 0 Å². The summed E-state index contributed by atoms with van der Waals surface area (Å²) < 4.78 is 10.3. The number of esters is 1. The lowest BCUT2D eigenvalue weighted by Crippen LogP contribution is -2.08. The maximum Gasteiger partial charge on any atom is 0.340 e. The van der Waals surface area contributed by atoms with E-state index in [1.807, 2.05) is 13.0 Å². The van der Waals surface area contributed by atoms with Crippen LogP contribution in [0.5, 0.6) is 5.75 Å². The highest BCUT2D eigenvalue weighted by molar-refractivity contribution is 5.95. The topological polar surface area (TPSA) is 74.4 Å². The highest BCUT2D eigenvalue weighted by Gasteiger charge is 2.12. The van der Waals surface area contributed by atoms with Gasteiger partial charge in [-0.05, 0) is 36.8 Å². The van der Waals surface area contributed by atoms with Crippen molar-refractivity contribution in [1.29, 1.82) is 0 Å². The highest BCUT2D eigenvalue weighted by atomic mass is 16.5. The number of carbonyl (C=O) groups is 1. The Morgan fingerprint density at radius 1 is 1.30 bits per heavy atom. The summed E-state index contributed by atoms with van der Waals surface area (Å²) in [5, 5.41) is 0. The fraction of sp³-hybridized carbons (Fsp3) is 0.200. The van der Waals surface area contributed by atoms with Crippen molar-refractivity contribution >= 4 is 11.7 Å². The average molecular weight is 272 g/mol. The van der Waals surface area contributed by atoms with Crippen molar-refractivity contribution < 1.29 is 14.3 Å². The van der Waals surface area contributed by atoms with Crippen molar-refractivity contribution in [2.45, 2.75) is 13.5 Å². The molecule has 104 valence electrons. The minimum atomic E-state index is -0.483. The van der Waals surface area contributed by atoms with E-state index in [1.54, 1.807) is 30.6 Å². The summed E-state index contributed by atoms with van der Waals surface area (Å²) in [4.78, 5) is 16.1. The molecule has 2 N–H and O–H groups in total. The van der Waals surface area contributed by atoms with Gasteiger partial charge >= 0.3 is 5.97 Å². The van der Waals surface area contributed by atoms with Crippen molar-refractivity contribution in [3.05, 3.63) is 53.3 Å². The van der Waals surface area contributed by atoms with E-state index in [1.165, 1.54) is 7.11 Å². The first-order valence-corrected chi connectivity index (χ1v) is 6.11. The Hall–Kier alpha value is -2.56. The molecular formula is C15H16N2O3. The van der Waals surface area contributed by atoms with Crippen LogP contribution in [0.15, 0.2) is 36.7 Å². The van der Waals surface area contributed by atoms with Gasteiger partial charge in [-0.1, -0.05) is 0 Å². The van der Waals surface area contributed by atoms with Crippen molar-refractivity contribution in [1.82, 2.24) is 4.98 Å². The Kier molecular flexibility index (Phi) is 4.20. The van der Waals surface area contributed by atoms with Crippen LogP contribution in [-0.2, 0) is 11.3 Å². The molecule has 0 radical (unpaired) electrons. The number of nitrogens with two attached hydrogens (primary N) is 1. The molecule has 0 fully saturated rings. The zero-order valence-corrected chi connectivity index (χ0v) is 11.4. The van der Waals surface area contributed by atoms with E-state index in [-0.39, 0.29) is 6.61 Å². The van der Waals surface area contributed by atoms with Crippen LogP contribution in [-0.4, -0.2) is 18.1 Å². The number of aromatic nitrogens is 1. The van der Waals surface area contributed by atoms with E-state index >= 15 is 0 Å². The number of nitrogen functional groups attached to an aromatic ring is 1. The first kappa shape index (κ1) is 13.9. The number of aryl methyl sites for hydroxylation is 1. The van der Waals surface area contributed by atoms with E-state index < -0.39 is 5.97 Å². The summed E-state index contributed by atoms with van der Waals surface area (Å²) in [6.07, 6.45) is 3.40. The molecule has 20 heavy (non-hydrogen) atoms. The van der Waals surface area contributed by atoms with Crippen LogP contribution in [0.1, 0.15) is 21.5 Å². The second-order valence-corrected chi connectivity index (χ2v) is 4.40. The molecule has 1 aromatic carbocycles. The third-order valence-corrected chi connectivity index (χ3v) is 2.78. The van der Waals surface area contributed by atoms with E-state index in [0.717, 1.165) is 11.1 Å². The van der Waals surface area contributed by atoms with Crippen LogP contribution in [0.3, 0.4) is 0 Å². The molecule has 0 aliphatic rings. The van der Waals surface area contributed by atoms with Gasteiger partial charge in [-0.15, -0.1) is 0 Å². The summed E-state index contributed by atoms with van der Waals surface area (Å²) in [5.74, 6) is 0.0753. The quantitative estimate of drug-likeness (QED) is 0.683. The van der Waals surface area contributed by atoms with Crippen LogP contribution < -0.4 is 10.5 Å². The monoisotopic (exact) mass is 272 g/mol. The smallest absolute Gasteiger partial charge is 0.340 e. The Morgan fingerprint density at radius 2 is 2.10 bits per heavy atom. The molecule has 0 bridgehead atoms. The summed E-state index contributed by atoms with van der Waals surface area (Å²) >= 11 is 0. The van der Waals surface area contributed by atoms with Gasteiger partial charge in [-0.2, -0.15) is 0 Å². The summed E-state index contributed by atoms with van der Waals surface area (Å²) in [7, 11) is 1.53. The second-order valence-electron chi connectivity index (χ2n) is 4.40. The largest absolute Gasteiger partial charge is 0.497 e. The Labute approximate surface area is 117 Å². The summed E-state index contributed by atoms with van der Waals surface area (Å²) in [6.45, 7) is 2.09. The van der Waals surface area contributed by atoms with Gasteiger partial charge in [0.25, 0.3) is 0 Å². The fourth-order valence-corrected chi connectivity index (χ4v) is 1.76. The van der Waals surface area contributed by atoms with E-state index in [4.69, 9.17) is 15.2 Å². The first-order valence-electron chi connectivity index (χ1n) is 6.11. The van der Waals surface area contributed by atoms with E-state index in [9.17, 15) is 4.79 Å². The number of anilines is 1. The highest BCUT2D eigenvalue weighted by Crippen LogP contribution is 2.20. The first-order chi connectivity index (χ1) is 9.60. The molecule has 0 spiro atoms. The molecule has 0 unspecified atom stereocenters. The molecule has 2 aromatic rings. The molecular weight excluding hydrogens is 256 g/mol. The third-order valence-electron chi connectivity index (χ3n) is 2.78. The lowest BCUT2D eigenvalue weighted by atomic mass is 10.1. The third kappa shape index (κ3) is 3.26. The van der Waals surface area contributed by atoms with Gasteiger partial charge in [0.05, 0.1) is 12.7 Å². The summed E-state index contributed by atoms with van der Waals surface area (Å²) in [5.41, 5.74) is 8.27. The number of hydrogen-bond donors (Lipinski definition) is 1. The van der Waals surface area contributed by atoms with Crippen LogP contribution in [0.4, 0.5) is 5.69 Å². The Bertz CT molecular complexity index is 626. The van der Waals surface area contributed by atoms with Crippen molar-refractivity contribution in [3.63, 3.8) is 0 Å². The number of nitrogens with zero attached hydrogens (tertiary/aromatic N) is 1. The maximum atomic E-state index is 12.0. The second kappa shape index (κ2) is 6.06. The lowest BCUT2D eigenvalue weighted by Gasteiger charge is -2.09. The van der Waals surface area contributed by atoms with Crippen molar-refractivity contribution in [2.24, 2.45) is 0 Å². The molecule has 0 aliphatic heterocycles. The molecule has 1 heterocycles. The van der Waals surface area contributed by atoms with Crippen molar-refractivity contribution in [2.75, 3.05) is 12.8 Å². The minimum absolute atomic E-state index is 0.157. The van der Waals surface area contributed by atoms with Crippen LogP contribution in [0, 0.1) is 6.92 Å². The van der Waals surface area contributed by atoms with Crippen molar-refractivity contribution in [3.8, 4) is 5.75 Å². The van der Waals surface area contributed by atoms with Gasteiger partial charge in [0, 0.05) is 23.6 Å². The van der Waals surface area contributed by atoms with Gasteiger partial charge in [-0.3, -0.25) is 4.98 Å². The molecule has 1 aromatic heterocycles. The average Bonchev–Trinajstić information content (AvgIpc) is 2.45. The van der Waals surface area contributed by atoms with Crippen LogP contribution >= 0.6 is 0 Å². The lowest BCUT2D eigenvalue weighted by molar-refractivity contribution is 0.0473. The fourth-order valence-electron chi connectivity index (χ4n) is 1.76. The predicted octanol–water partition coefficient (Wildman–Crippen LogP) is 2.34. The van der Waals surface area contributed by atoms with Gasteiger partial charge in [0.1, 0.15) is 12.4 Å². The normalized spacial score (nSPS) is 10.1. The maximum absolute atomic E-state index is 12.0. The number of rotatable bonds is 4. The van der Waals surface area contributed by atoms with E-state index in [2.05, 4.69) is 4.98 Å². The number of carbonyl (C=O) groups excluding carboxylic acids is 1. The van der Waals surface area contributed by atoms with E-state index in [0.29, 0.717) is 17.0 Å². The predicted molar refractivity (Wildman–Crippen MR) is 75.5 cm³/mol. The van der Waals surface area contributed by atoms with Gasteiger partial charge in [-0.25, -0.2) is 4.79 Å². The number of ether oxygens (including phenoxy) is 2. The Balaban J connectivity index is 2.08. The van der Waals surface area contributed by atoms with Crippen LogP contribution in [0.2, 0.25) is 0 Å². The SMILES string of the molecule is COc1ccc(N)c(C(=O)OCc2cncc(C)c2)c1. The molecule has 0 saturated carbocycles. The number of pyridine rings is 1. The number of hydrogen-bond acceptors (Lipinski definition) is 5. The standard InChI is InChI=1S/C15H16N2O3/c1-10-5-11(8-17-7-10)9-20-15(18)13-6-12(19-2)3-4-14(13)16/h3-8H,9,16H2,1-2H3. The molecule has 2 rings (SSSR count). The van der Waals surface area contributed by atoms with Gasteiger partial charge in [0.2, 0.25) is 0 Å². The summed E-state index contributed by atoms with van der Waals surface area (Å²) in [6, 6.07) is 6.78. The molecule has 5 nitrogen and oxygen atoms in total. The van der Waals surface area contributed by atoms with Gasteiger partial charge < -0.3 is 15.2 Å². The molecule has 0 aliphatic carbocycles. The zero-order valence-electron chi connectivity index (χ0n) is 11.4. The number of benzene rings is 1.